The number of aliphatic imine (C=N–C) groups is 2. The zero-order chi connectivity index (χ0) is 68.9. The topological polar surface area (TPSA) is 695 Å². The molecule has 42 heteroatoms. The number of carboxylic acid groups (broad SMARTS) is 6. The number of benzene rings is 1. The molecule has 2 aromatic heterocycles. The molecule has 92 heavy (non-hydrogen) atoms. The number of aliphatic carboxylic acids is 6. The zero-order valence-electron chi connectivity index (χ0n) is 48.3. The molecule has 500 valence electrons. The molecule has 1 aromatic carbocycles. The minimum atomic E-state index is -2.26. The number of carbonyl (C=O) groups is 14. The van der Waals surface area contributed by atoms with Gasteiger partial charge >= 0.3 is 41.4 Å². The molecule has 0 aliphatic rings. The van der Waals surface area contributed by atoms with E-state index in [0.717, 1.165) is 0 Å². The molecule has 0 bridgehead atoms. The summed E-state index contributed by atoms with van der Waals surface area (Å²) in [5.74, 6) is -22.2. The van der Waals surface area contributed by atoms with Gasteiger partial charge in [-0.2, -0.15) is 17.6 Å². The van der Waals surface area contributed by atoms with Crippen LogP contribution in [0.4, 0.5) is 11.6 Å². The summed E-state index contributed by atoms with van der Waals surface area (Å²) in [6.45, 7) is -0.395. The number of hydrogen-bond acceptors (Lipinski definition) is 23. The minimum Gasteiger partial charge on any atom is -0.481 e. The number of thiol groups is 1. The Morgan fingerprint density at radius 1 is 0.522 bits per heavy atom. The number of nitrogen functional groups attached to an aromatic ring is 1. The van der Waals surface area contributed by atoms with Gasteiger partial charge in [0, 0.05) is 36.5 Å². The summed E-state index contributed by atoms with van der Waals surface area (Å²) in [6.07, 6.45) is -6.27. The molecule has 41 nitrogen and oxygen atoms in total. The maximum absolute atomic E-state index is 14.0. The Hall–Kier alpha value is -11.5. The van der Waals surface area contributed by atoms with E-state index in [2.05, 4.69) is 74.5 Å². The van der Waals surface area contributed by atoms with Crippen LogP contribution in [0.3, 0.4) is 0 Å². The Morgan fingerprint density at radius 3 is 1.33 bits per heavy atom. The Morgan fingerprint density at radius 2 is 0.924 bits per heavy atom. The molecule has 0 spiro atoms. The lowest BCUT2D eigenvalue weighted by Crippen LogP contribution is -2.60. The number of carboxylic acids is 6. The van der Waals surface area contributed by atoms with E-state index in [1.807, 2.05) is 16.0 Å². The molecule has 0 saturated heterocycles. The number of nitrogens with two attached hydrogens (primary N) is 5. The fraction of sp³-hybridized carbons (Fsp3) is 0.440. The number of nitrogens with one attached hydrogen (secondary N) is 10. The van der Waals surface area contributed by atoms with E-state index in [0.29, 0.717) is 11.4 Å². The summed E-state index contributed by atoms with van der Waals surface area (Å²) in [4.78, 5) is 214. The molecule has 3 aromatic rings. The molecule has 0 saturated carbocycles. The molecular formula is C50H68N20O21S. The predicted molar refractivity (Wildman–Crippen MR) is 318 cm³/mol. The fourth-order valence-electron chi connectivity index (χ4n) is 7.94. The highest BCUT2D eigenvalue weighted by Gasteiger charge is 2.36. The molecule has 8 amide bonds. The van der Waals surface area contributed by atoms with E-state index in [4.69, 9.17) is 28.7 Å². The number of rotatable bonds is 40. The summed E-state index contributed by atoms with van der Waals surface area (Å²) in [6, 6.07) is -10.1. The Bertz CT molecular complexity index is 3360. The van der Waals surface area contributed by atoms with Crippen LogP contribution < -0.4 is 82.1 Å². The van der Waals surface area contributed by atoms with Gasteiger partial charge in [0.25, 0.3) is 5.91 Å². The van der Waals surface area contributed by atoms with E-state index >= 15 is 0 Å². The lowest BCUT2D eigenvalue weighted by molar-refractivity contribution is -0.144. The van der Waals surface area contributed by atoms with E-state index < -0.39 is 206 Å². The maximum Gasteiger partial charge on any atom is 0.327 e. The van der Waals surface area contributed by atoms with E-state index in [1.165, 1.54) is 30.5 Å². The first-order valence-electron chi connectivity index (χ1n) is 27.1. The molecule has 0 aliphatic carbocycles. The number of carbonyl (C=O) groups excluding carboxylic acids is 8. The van der Waals surface area contributed by atoms with Crippen molar-refractivity contribution in [2.24, 2.45) is 32.9 Å². The van der Waals surface area contributed by atoms with Crippen LogP contribution in [0, 0.1) is 0 Å². The number of fused-ring (bicyclic) bond motifs is 1. The Labute approximate surface area is 523 Å². The molecule has 8 unspecified atom stereocenters. The molecule has 8 atom stereocenters. The first kappa shape index (κ1) is 74.8. The molecular weight excluding hydrogens is 1250 g/mol. The summed E-state index contributed by atoms with van der Waals surface area (Å²) >= 11 is 3.81. The summed E-state index contributed by atoms with van der Waals surface area (Å²) in [5.41, 5.74) is 27.1. The molecule has 0 fully saturated rings. The van der Waals surface area contributed by atoms with E-state index in [-0.39, 0.29) is 55.2 Å². The van der Waals surface area contributed by atoms with Crippen molar-refractivity contribution in [2.45, 2.75) is 119 Å². The van der Waals surface area contributed by atoms with Gasteiger partial charge in [-0.25, -0.2) is 19.6 Å². The highest BCUT2D eigenvalue weighted by molar-refractivity contribution is 7.80. The summed E-state index contributed by atoms with van der Waals surface area (Å²) in [5, 5.41) is 77.7. The van der Waals surface area contributed by atoms with Crippen molar-refractivity contribution in [3.63, 3.8) is 0 Å². The van der Waals surface area contributed by atoms with Crippen molar-refractivity contribution < 1.29 is 97.8 Å². The second-order valence-electron chi connectivity index (χ2n) is 19.6. The first-order chi connectivity index (χ1) is 43.3. The number of hydrogen-bond donors (Lipinski definition) is 22. The first-order valence-corrected chi connectivity index (χ1v) is 27.7. The van der Waals surface area contributed by atoms with Crippen LogP contribution in [0.5, 0.6) is 0 Å². The third kappa shape index (κ3) is 26.5. The number of aromatic amines is 1. The molecule has 3 rings (SSSR count). The second-order valence-corrected chi connectivity index (χ2v) is 20.0. The number of anilines is 2. The zero-order valence-corrected chi connectivity index (χ0v) is 49.2. The van der Waals surface area contributed by atoms with Crippen molar-refractivity contribution in [1.29, 1.82) is 0 Å². The third-order valence-corrected chi connectivity index (χ3v) is 12.8. The van der Waals surface area contributed by atoms with E-state index in [1.54, 1.807) is 0 Å². The van der Waals surface area contributed by atoms with Crippen molar-refractivity contribution in [3.05, 3.63) is 52.1 Å². The number of amides is 8. The minimum absolute atomic E-state index is 0.0351. The molecule has 0 radical (unpaired) electrons. The van der Waals surface area contributed by atoms with Crippen molar-refractivity contribution >= 4 is 130 Å². The number of H-pyrrole nitrogens is 1. The smallest absolute Gasteiger partial charge is 0.327 e. The van der Waals surface area contributed by atoms with Crippen LogP contribution in [-0.4, -0.2) is 213 Å². The van der Waals surface area contributed by atoms with Crippen molar-refractivity contribution in [1.82, 2.24) is 62.5 Å². The lowest BCUT2D eigenvalue weighted by Gasteiger charge is -2.27. The molecule has 26 N–H and O–H groups in total. The molecule has 2 heterocycles. The van der Waals surface area contributed by atoms with Crippen LogP contribution in [-0.2, 0) is 68.9 Å². The second kappa shape index (κ2) is 36.7. The predicted octanol–water partition coefficient (Wildman–Crippen LogP) is -7.72. The van der Waals surface area contributed by atoms with Crippen LogP contribution in [0.15, 0.2) is 45.2 Å². The van der Waals surface area contributed by atoms with Crippen LogP contribution >= 0.6 is 12.6 Å². The van der Waals surface area contributed by atoms with E-state index in [9.17, 15) is 103 Å². The number of nitrogens with zero attached hydrogens (tertiary/aromatic N) is 5. The quantitative estimate of drug-likeness (QED) is 0.0109. The fourth-order valence-corrected chi connectivity index (χ4v) is 8.18. The lowest BCUT2D eigenvalue weighted by atomic mass is 10.1. The van der Waals surface area contributed by atoms with Crippen molar-refractivity contribution in [2.75, 3.05) is 29.9 Å². The van der Waals surface area contributed by atoms with Gasteiger partial charge < -0.3 is 112 Å². The number of aromatic nitrogens is 4. The Kier molecular flexibility index (Phi) is 29.8. The standard InChI is InChI=1S/C50H68N20O21S/c51-48(52)56-11-1-3-23(62-41(83)26(13-32(72)73)61-31(71)10-9-25(46(88)89)64-38(80)20-5-7-21(8-6-20)58-17-22-18-59-37-36(60-22)45(87)70-50(55)69-37)39(81)65-28(15-34(76)77)43(85)67-27(14-33(74)75)42(84)63-24(4-2-12-57-49(53)54)40(82)66-29(16-35(78)79)44(86)68-30(19-92)47(90)91/h5-8,18,23-30,58,92H,1-4,9-17,19H2,(H,61,71)(H,62,83)(H,63,84)(H,64,80)(H,65,81)(H,66,82)(H,67,85)(H,68,86)(H,72,73)(H,74,75)(H,76,77)(H,78,79)(H,88,89)(H,90,91)(H4,51,52,56)(H4,53,54,57)(H3,55,59,69,70,87). The van der Waals surface area contributed by atoms with Gasteiger partial charge in [0.05, 0.1) is 44.1 Å². The maximum atomic E-state index is 14.0. The normalized spacial score (nSPS) is 13.4. The highest BCUT2D eigenvalue weighted by atomic mass is 32.1. The van der Waals surface area contributed by atoms with Gasteiger partial charge in [-0.3, -0.25) is 72.3 Å². The summed E-state index contributed by atoms with van der Waals surface area (Å²) in [7, 11) is 0. The Balaban J connectivity index is 1.81. The number of guanidine groups is 2. The van der Waals surface area contributed by atoms with Gasteiger partial charge in [0.2, 0.25) is 47.3 Å². The van der Waals surface area contributed by atoms with Gasteiger partial charge in [-0.15, -0.1) is 0 Å². The summed E-state index contributed by atoms with van der Waals surface area (Å²) < 4.78 is 0. The van der Waals surface area contributed by atoms with Crippen LogP contribution in [0.2, 0.25) is 0 Å². The van der Waals surface area contributed by atoms with Crippen LogP contribution in [0.1, 0.15) is 80.3 Å². The molecule has 0 aliphatic heterocycles. The van der Waals surface area contributed by atoms with Gasteiger partial charge in [0.15, 0.2) is 23.1 Å². The monoisotopic (exact) mass is 1320 g/mol. The van der Waals surface area contributed by atoms with Crippen molar-refractivity contribution in [3.8, 4) is 0 Å². The largest absolute Gasteiger partial charge is 0.481 e. The SMILES string of the molecule is NC(N)=NCCCC(NC(=O)C(CC(=O)O)NC(=O)CCC(NC(=O)c1ccc(NCc2cnc3[nH]c(N)nc(=O)c3n2)cc1)C(=O)O)C(=O)NC(CC(=O)O)C(=O)NC(CC(=O)O)C(=O)NC(CCCN=C(N)N)C(=O)NC(CC(=O)O)C(=O)NC(CS)C(=O)O. The average Bonchev–Trinajstić information content (AvgIpc) is 1.19. The van der Waals surface area contributed by atoms with Gasteiger partial charge in [-0.05, 0) is 56.4 Å². The van der Waals surface area contributed by atoms with Gasteiger partial charge in [-0.1, -0.05) is 0 Å². The van der Waals surface area contributed by atoms with Gasteiger partial charge in [0.1, 0.15) is 48.3 Å². The highest BCUT2D eigenvalue weighted by Crippen LogP contribution is 2.14. The third-order valence-electron chi connectivity index (χ3n) is 12.4. The van der Waals surface area contributed by atoms with Crippen LogP contribution in [0.25, 0.3) is 11.2 Å². The average molecular weight is 1320 g/mol.